The van der Waals surface area contributed by atoms with Gasteiger partial charge in [-0.3, -0.25) is 14.6 Å². The average Bonchev–Trinajstić information content (AvgIpc) is 2.91. The van der Waals surface area contributed by atoms with E-state index in [-0.39, 0.29) is 11.3 Å². The van der Waals surface area contributed by atoms with Crippen molar-refractivity contribution in [2.75, 3.05) is 39.3 Å². The quantitative estimate of drug-likeness (QED) is 0.459. The van der Waals surface area contributed by atoms with Gasteiger partial charge < -0.3 is 5.32 Å². The lowest BCUT2D eigenvalue weighted by atomic mass is 9.73. The average molecular weight is 484 g/mol. The molecule has 2 aliphatic rings. The van der Waals surface area contributed by atoms with Crippen LogP contribution >= 0.6 is 0 Å². The highest BCUT2D eigenvalue weighted by molar-refractivity contribution is 5.85. The fourth-order valence-electron chi connectivity index (χ4n) is 6.06. The predicted molar refractivity (Wildman–Crippen MR) is 149 cm³/mol. The number of hydrogen-bond acceptors (Lipinski definition) is 3. The van der Waals surface area contributed by atoms with Crippen molar-refractivity contribution in [3.8, 4) is 0 Å². The molecule has 1 amide bonds. The summed E-state index contributed by atoms with van der Waals surface area (Å²) in [6.45, 7) is 8.85. The number of amides is 1. The summed E-state index contributed by atoms with van der Waals surface area (Å²) in [4.78, 5) is 17.9. The molecule has 0 bridgehead atoms. The molecule has 0 radical (unpaired) electrons. The molecule has 2 aliphatic heterocycles. The first-order chi connectivity index (χ1) is 17.6. The van der Waals surface area contributed by atoms with Crippen LogP contribution in [0.1, 0.15) is 43.7 Å². The summed E-state index contributed by atoms with van der Waals surface area (Å²) in [7, 11) is 0. The Morgan fingerprint density at radius 3 is 2.33 bits per heavy atom. The van der Waals surface area contributed by atoms with Gasteiger partial charge in [0.15, 0.2) is 0 Å². The monoisotopic (exact) mass is 483 g/mol. The number of rotatable bonds is 8. The Bertz CT molecular complexity index is 1120. The van der Waals surface area contributed by atoms with Crippen LogP contribution in [0.2, 0.25) is 0 Å². The number of piperidine rings is 2. The molecule has 36 heavy (non-hydrogen) atoms. The zero-order valence-electron chi connectivity index (χ0n) is 21.8. The first kappa shape index (κ1) is 25.0. The minimum atomic E-state index is 0.0867. The molecule has 0 saturated carbocycles. The van der Waals surface area contributed by atoms with Crippen molar-refractivity contribution >= 4 is 16.7 Å². The van der Waals surface area contributed by atoms with Crippen molar-refractivity contribution in [3.05, 3.63) is 83.9 Å². The largest absolute Gasteiger partial charge is 0.354 e. The van der Waals surface area contributed by atoms with Crippen molar-refractivity contribution < 1.29 is 4.79 Å². The summed E-state index contributed by atoms with van der Waals surface area (Å²) in [5.41, 5.74) is 2.87. The van der Waals surface area contributed by atoms with Crippen molar-refractivity contribution in [1.29, 1.82) is 0 Å². The number of fused-ring (bicyclic) bond motifs is 1. The van der Waals surface area contributed by atoms with E-state index in [4.69, 9.17) is 0 Å². The Morgan fingerprint density at radius 2 is 1.56 bits per heavy atom. The number of likely N-dealkylation sites (tertiary alicyclic amines) is 2. The molecule has 0 aliphatic carbocycles. The van der Waals surface area contributed by atoms with Crippen molar-refractivity contribution in [2.45, 2.75) is 45.6 Å². The Kier molecular flexibility index (Phi) is 8.03. The summed E-state index contributed by atoms with van der Waals surface area (Å²) < 4.78 is 0. The molecule has 2 fully saturated rings. The van der Waals surface area contributed by atoms with Crippen LogP contribution in [-0.4, -0.2) is 55.0 Å². The minimum Gasteiger partial charge on any atom is -0.354 e. The second-order valence-electron chi connectivity index (χ2n) is 11.3. The van der Waals surface area contributed by atoms with Gasteiger partial charge in [-0.15, -0.1) is 0 Å². The Balaban J connectivity index is 1.27. The summed E-state index contributed by atoms with van der Waals surface area (Å²) in [5, 5.41) is 6.03. The van der Waals surface area contributed by atoms with Gasteiger partial charge in [-0.2, -0.15) is 0 Å². The summed E-state index contributed by atoms with van der Waals surface area (Å²) in [6.07, 6.45) is 5.62. The minimum absolute atomic E-state index is 0.0867. The zero-order valence-corrected chi connectivity index (χ0v) is 21.8. The van der Waals surface area contributed by atoms with Gasteiger partial charge in [0.05, 0.1) is 6.54 Å². The van der Waals surface area contributed by atoms with E-state index in [1.165, 1.54) is 34.7 Å². The zero-order chi connectivity index (χ0) is 24.8. The summed E-state index contributed by atoms with van der Waals surface area (Å²) >= 11 is 0. The maximum atomic E-state index is 13.0. The first-order valence-electron chi connectivity index (χ1n) is 13.8. The molecule has 0 aromatic heterocycles. The van der Waals surface area contributed by atoms with Crippen LogP contribution in [0.15, 0.2) is 72.8 Å². The number of carbonyl (C=O) groups is 1. The van der Waals surface area contributed by atoms with Crippen LogP contribution in [0, 0.1) is 11.3 Å². The summed E-state index contributed by atoms with van der Waals surface area (Å²) in [6, 6.07) is 26.2. The van der Waals surface area contributed by atoms with Gasteiger partial charge in [-0.1, -0.05) is 79.7 Å². The van der Waals surface area contributed by atoms with Crippen LogP contribution < -0.4 is 5.32 Å². The molecule has 5 rings (SSSR count). The molecule has 0 spiro atoms. The van der Waals surface area contributed by atoms with Crippen LogP contribution in [0.5, 0.6) is 0 Å². The van der Waals surface area contributed by atoms with E-state index in [1.54, 1.807) is 0 Å². The molecule has 2 saturated heterocycles. The van der Waals surface area contributed by atoms with Crippen LogP contribution in [0.4, 0.5) is 0 Å². The molecular formula is C32H41N3O. The maximum absolute atomic E-state index is 13.0. The molecular weight excluding hydrogens is 442 g/mol. The SMILES string of the molecule is CC1CCN(CC(=O)NCC2(Cc3cccc4ccccc34)CCN(Cc3ccccc3)CC2)CC1. The third-order valence-corrected chi connectivity index (χ3v) is 8.52. The van der Waals surface area contributed by atoms with Crippen molar-refractivity contribution in [3.63, 3.8) is 0 Å². The lowest BCUT2D eigenvalue weighted by molar-refractivity contribution is -0.123. The highest BCUT2D eigenvalue weighted by atomic mass is 16.2. The lowest BCUT2D eigenvalue weighted by Crippen LogP contribution is -2.49. The van der Waals surface area contributed by atoms with E-state index >= 15 is 0 Å². The van der Waals surface area contributed by atoms with E-state index in [0.29, 0.717) is 6.54 Å². The number of carbonyl (C=O) groups excluding carboxylic acids is 1. The van der Waals surface area contributed by atoms with Crippen molar-refractivity contribution in [2.24, 2.45) is 11.3 Å². The molecule has 4 heteroatoms. The third kappa shape index (κ3) is 6.35. The van der Waals surface area contributed by atoms with Crippen LogP contribution in [0.25, 0.3) is 10.8 Å². The van der Waals surface area contributed by atoms with Gasteiger partial charge in [0.1, 0.15) is 0 Å². The van der Waals surface area contributed by atoms with E-state index in [0.717, 1.165) is 64.4 Å². The Morgan fingerprint density at radius 1 is 0.861 bits per heavy atom. The second kappa shape index (κ2) is 11.6. The molecule has 3 aromatic carbocycles. The fraction of sp³-hybridized carbons (Fsp3) is 0.469. The molecule has 2 heterocycles. The Labute approximate surface area is 216 Å². The Hall–Kier alpha value is -2.69. The van der Waals surface area contributed by atoms with E-state index in [1.807, 2.05) is 0 Å². The predicted octanol–water partition coefficient (Wildman–Crippen LogP) is 5.51. The van der Waals surface area contributed by atoms with Gasteiger partial charge in [0.2, 0.25) is 5.91 Å². The molecule has 4 nitrogen and oxygen atoms in total. The molecule has 1 N–H and O–H groups in total. The molecule has 0 unspecified atom stereocenters. The summed E-state index contributed by atoms with van der Waals surface area (Å²) in [5.74, 6) is 0.975. The third-order valence-electron chi connectivity index (χ3n) is 8.52. The topological polar surface area (TPSA) is 35.6 Å². The second-order valence-corrected chi connectivity index (χ2v) is 11.3. The molecule has 0 atom stereocenters. The highest BCUT2D eigenvalue weighted by Gasteiger charge is 2.35. The number of hydrogen-bond donors (Lipinski definition) is 1. The van der Waals surface area contributed by atoms with Crippen molar-refractivity contribution in [1.82, 2.24) is 15.1 Å². The lowest BCUT2D eigenvalue weighted by Gasteiger charge is -2.42. The first-order valence-corrected chi connectivity index (χ1v) is 13.8. The maximum Gasteiger partial charge on any atom is 0.234 e. The van der Waals surface area contributed by atoms with Gasteiger partial charge in [-0.25, -0.2) is 0 Å². The number of nitrogens with one attached hydrogen (secondary N) is 1. The smallest absolute Gasteiger partial charge is 0.234 e. The standard InChI is InChI=1S/C32H41N3O/c1-26-14-18-34(19-15-26)24-31(36)33-25-32(22-29-12-7-11-28-10-5-6-13-30(28)29)16-20-35(21-17-32)23-27-8-3-2-4-9-27/h2-13,26H,14-25H2,1H3,(H,33,36). The van der Waals surface area contributed by atoms with Gasteiger partial charge >= 0.3 is 0 Å². The van der Waals surface area contributed by atoms with E-state index in [9.17, 15) is 4.79 Å². The fourth-order valence-corrected chi connectivity index (χ4v) is 6.06. The van der Waals surface area contributed by atoms with Gasteiger partial charge in [0, 0.05) is 13.1 Å². The van der Waals surface area contributed by atoms with Crippen LogP contribution in [0.3, 0.4) is 0 Å². The molecule has 190 valence electrons. The van der Waals surface area contributed by atoms with E-state index < -0.39 is 0 Å². The number of nitrogens with zero attached hydrogens (tertiary/aromatic N) is 2. The number of benzene rings is 3. The highest BCUT2D eigenvalue weighted by Crippen LogP contribution is 2.37. The van der Waals surface area contributed by atoms with Gasteiger partial charge in [0.25, 0.3) is 0 Å². The molecule has 3 aromatic rings. The normalized spacial score (nSPS) is 19.4. The van der Waals surface area contributed by atoms with Gasteiger partial charge in [-0.05, 0) is 91.5 Å². The van der Waals surface area contributed by atoms with Crippen LogP contribution in [-0.2, 0) is 17.8 Å². The van der Waals surface area contributed by atoms with E-state index in [2.05, 4.69) is 94.8 Å².